The van der Waals surface area contributed by atoms with Gasteiger partial charge < -0.3 is 10.2 Å². The Balaban J connectivity index is 1.49. The van der Waals surface area contributed by atoms with Crippen LogP contribution >= 0.6 is 0 Å². The van der Waals surface area contributed by atoms with Crippen LogP contribution in [0.5, 0.6) is 0 Å². The molecule has 5 rings (SSSR count). The van der Waals surface area contributed by atoms with E-state index < -0.39 is 17.8 Å². The predicted octanol–water partition coefficient (Wildman–Crippen LogP) is 5.81. The van der Waals surface area contributed by atoms with Gasteiger partial charge in [-0.3, -0.25) is 9.48 Å². The molecule has 1 saturated heterocycles. The maximum atomic E-state index is 13.0. The molecular formula is C24H26F3N5O. The van der Waals surface area contributed by atoms with E-state index in [-0.39, 0.29) is 5.69 Å². The Morgan fingerprint density at radius 1 is 1.03 bits per heavy atom. The first-order valence-corrected chi connectivity index (χ1v) is 11.5. The molecule has 1 aromatic carbocycles. The molecule has 9 heteroatoms. The van der Waals surface area contributed by atoms with Crippen LogP contribution in [-0.4, -0.2) is 33.8 Å². The zero-order chi connectivity index (χ0) is 23.0. The van der Waals surface area contributed by atoms with Crippen molar-refractivity contribution in [2.24, 2.45) is 0 Å². The monoisotopic (exact) mass is 457 g/mol. The van der Waals surface area contributed by atoms with E-state index in [1.807, 2.05) is 23.0 Å². The van der Waals surface area contributed by atoms with Gasteiger partial charge in [0.05, 0.1) is 22.9 Å². The Labute approximate surface area is 189 Å². The van der Waals surface area contributed by atoms with Gasteiger partial charge in [-0.1, -0.05) is 25.3 Å². The van der Waals surface area contributed by atoms with Crippen LogP contribution in [0.1, 0.15) is 67.2 Å². The third-order valence-electron chi connectivity index (χ3n) is 6.56. The lowest BCUT2D eigenvalue weighted by Gasteiger charge is -2.22. The molecule has 2 aliphatic rings. The summed E-state index contributed by atoms with van der Waals surface area (Å²) in [5, 5.41) is 8.54. The number of rotatable bonds is 4. The van der Waals surface area contributed by atoms with Crippen LogP contribution < -0.4 is 10.2 Å². The topological polar surface area (TPSA) is 63.1 Å². The fourth-order valence-electron chi connectivity index (χ4n) is 4.84. The van der Waals surface area contributed by atoms with Crippen molar-refractivity contribution in [3.05, 3.63) is 47.9 Å². The molecule has 0 unspecified atom stereocenters. The van der Waals surface area contributed by atoms with Crippen LogP contribution in [0, 0.1) is 0 Å². The summed E-state index contributed by atoms with van der Waals surface area (Å²) in [5.74, 6) is -0.666. The normalized spacial score (nSPS) is 17.6. The second-order valence-corrected chi connectivity index (χ2v) is 8.88. The smallest absolute Gasteiger partial charge is 0.370 e. The molecule has 2 aromatic heterocycles. The molecule has 0 spiro atoms. The van der Waals surface area contributed by atoms with Crippen LogP contribution in [0.15, 0.2) is 36.5 Å². The number of nitrogens with one attached hydrogen (secondary N) is 1. The summed E-state index contributed by atoms with van der Waals surface area (Å²) in [6, 6.07) is 7.59. The highest BCUT2D eigenvalue weighted by Crippen LogP contribution is 2.35. The zero-order valence-corrected chi connectivity index (χ0v) is 18.2. The number of carbonyl (C=O) groups is 1. The van der Waals surface area contributed by atoms with Gasteiger partial charge >= 0.3 is 6.18 Å². The lowest BCUT2D eigenvalue weighted by molar-refractivity contribution is -0.141. The van der Waals surface area contributed by atoms with Gasteiger partial charge in [0, 0.05) is 24.7 Å². The number of nitrogens with zero attached hydrogens (tertiary/aromatic N) is 4. The van der Waals surface area contributed by atoms with Crippen molar-refractivity contribution in [1.82, 2.24) is 14.8 Å². The van der Waals surface area contributed by atoms with E-state index in [1.165, 1.54) is 31.4 Å². The van der Waals surface area contributed by atoms with Gasteiger partial charge in [0.1, 0.15) is 11.4 Å². The van der Waals surface area contributed by atoms with E-state index in [9.17, 15) is 18.0 Å². The molecule has 1 saturated carbocycles. The number of fused-ring (bicyclic) bond motifs is 1. The number of benzene rings is 1. The van der Waals surface area contributed by atoms with Crippen LogP contribution in [0.4, 0.5) is 24.5 Å². The summed E-state index contributed by atoms with van der Waals surface area (Å²) in [5.41, 5.74) is 0.915. The molecule has 3 aromatic rings. The number of hydrogen-bond donors (Lipinski definition) is 1. The average Bonchev–Trinajstić information content (AvgIpc) is 3.48. The third-order valence-corrected chi connectivity index (χ3v) is 6.56. The Kier molecular flexibility index (Phi) is 5.72. The molecule has 3 heterocycles. The van der Waals surface area contributed by atoms with Gasteiger partial charge in [-0.2, -0.15) is 18.3 Å². The maximum absolute atomic E-state index is 13.0. The Hall–Kier alpha value is -3.10. The quantitative estimate of drug-likeness (QED) is 0.537. The number of amides is 1. The van der Waals surface area contributed by atoms with Gasteiger partial charge in [-0.15, -0.1) is 0 Å². The summed E-state index contributed by atoms with van der Waals surface area (Å²) in [6.07, 6.45) is 5.39. The molecular weight excluding hydrogens is 431 g/mol. The number of halogens is 3. The number of aromatic nitrogens is 3. The van der Waals surface area contributed by atoms with Crippen LogP contribution in [-0.2, 0) is 6.18 Å². The van der Waals surface area contributed by atoms with Gasteiger partial charge in [0.15, 0.2) is 0 Å². The number of pyridine rings is 1. The molecule has 33 heavy (non-hydrogen) atoms. The molecule has 1 aliphatic heterocycles. The summed E-state index contributed by atoms with van der Waals surface area (Å²) in [7, 11) is 0. The Bertz CT molecular complexity index is 1160. The van der Waals surface area contributed by atoms with Gasteiger partial charge in [-0.25, -0.2) is 4.98 Å². The van der Waals surface area contributed by atoms with Crippen molar-refractivity contribution >= 4 is 28.2 Å². The minimum Gasteiger partial charge on any atom is -0.370 e. The highest BCUT2D eigenvalue weighted by atomic mass is 19.4. The minimum atomic E-state index is -4.61. The average molecular weight is 458 g/mol. The largest absolute Gasteiger partial charge is 0.433 e. The molecule has 0 bridgehead atoms. The summed E-state index contributed by atoms with van der Waals surface area (Å²) >= 11 is 0. The molecule has 6 nitrogen and oxygen atoms in total. The summed E-state index contributed by atoms with van der Waals surface area (Å²) in [6.45, 7) is 1.72. The van der Waals surface area contributed by atoms with Crippen molar-refractivity contribution < 1.29 is 18.0 Å². The molecule has 1 aliphatic carbocycles. The first-order valence-electron chi connectivity index (χ1n) is 11.5. The lowest BCUT2D eigenvalue weighted by Crippen LogP contribution is -2.22. The van der Waals surface area contributed by atoms with E-state index in [0.29, 0.717) is 11.7 Å². The Morgan fingerprint density at radius 2 is 1.79 bits per heavy atom. The molecule has 0 atom stereocenters. The maximum Gasteiger partial charge on any atom is 0.433 e. The number of carbonyl (C=O) groups excluding carboxylic acids is 1. The van der Waals surface area contributed by atoms with Crippen molar-refractivity contribution in [3.8, 4) is 0 Å². The fraction of sp³-hybridized carbons (Fsp3) is 0.458. The van der Waals surface area contributed by atoms with Crippen LogP contribution in [0.3, 0.4) is 0 Å². The van der Waals surface area contributed by atoms with Crippen LogP contribution in [0.2, 0.25) is 0 Å². The molecule has 1 amide bonds. The standard InChI is InChI=1S/C24H26F3N5O/c25-24(26,27)22-10-6-9-18(28-22)23(33)29-20-13-16-15-32(17-7-2-1-3-8-17)30-19(16)14-21(20)31-11-4-5-12-31/h6,9-10,13-15,17H,1-5,7-8,11-12H2,(H,29,33). The van der Waals surface area contributed by atoms with Crippen molar-refractivity contribution in [3.63, 3.8) is 0 Å². The van der Waals surface area contributed by atoms with Gasteiger partial charge in [0.25, 0.3) is 5.91 Å². The van der Waals surface area contributed by atoms with Gasteiger partial charge in [0.2, 0.25) is 0 Å². The van der Waals surface area contributed by atoms with E-state index in [2.05, 4.69) is 15.2 Å². The molecule has 174 valence electrons. The highest BCUT2D eigenvalue weighted by Gasteiger charge is 2.33. The number of alkyl halides is 3. The Morgan fingerprint density at radius 3 is 2.52 bits per heavy atom. The number of anilines is 2. The predicted molar refractivity (Wildman–Crippen MR) is 120 cm³/mol. The fourth-order valence-corrected chi connectivity index (χ4v) is 4.84. The van der Waals surface area contributed by atoms with Crippen molar-refractivity contribution in [2.45, 2.75) is 57.2 Å². The van der Waals surface area contributed by atoms with E-state index in [1.54, 1.807) is 0 Å². The zero-order valence-electron chi connectivity index (χ0n) is 18.2. The second-order valence-electron chi connectivity index (χ2n) is 8.88. The molecule has 2 fully saturated rings. The highest BCUT2D eigenvalue weighted by molar-refractivity contribution is 6.06. The van der Waals surface area contributed by atoms with E-state index >= 15 is 0 Å². The first kappa shape index (κ1) is 21.7. The van der Waals surface area contributed by atoms with Crippen molar-refractivity contribution in [1.29, 1.82) is 0 Å². The molecule has 0 radical (unpaired) electrons. The third kappa shape index (κ3) is 4.54. The van der Waals surface area contributed by atoms with E-state index in [4.69, 9.17) is 5.10 Å². The minimum absolute atomic E-state index is 0.268. The first-order chi connectivity index (χ1) is 15.9. The van der Waals surface area contributed by atoms with Crippen LogP contribution in [0.25, 0.3) is 10.9 Å². The summed E-state index contributed by atoms with van der Waals surface area (Å²) < 4.78 is 41.2. The molecule has 1 N–H and O–H groups in total. The second kappa shape index (κ2) is 8.68. The lowest BCUT2D eigenvalue weighted by atomic mass is 9.96. The van der Waals surface area contributed by atoms with Gasteiger partial charge in [-0.05, 0) is 49.9 Å². The van der Waals surface area contributed by atoms with Crippen molar-refractivity contribution in [2.75, 3.05) is 23.3 Å². The SMILES string of the molecule is O=C(Nc1cc2cn(C3CCCCC3)nc2cc1N1CCCC1)c1cccc(C(F)(F)F)n1. The number of hydrogen-bond acceptors (Lipinski definition) is 4. The van der Waals surface area contributed by atoms with E-state index in [0.717, 1.165) is 61.4 Å². The summed E-state index contributed by atoms with van der Waals surface area (Å²) in [4.78, 5) is 18.6.